The van der Waals surface area contributed by atoms with Gasteiger partial charge in [-0.15, -0.1) is 11.8 Å². The van der Waals surface area contributed by atoms with Gasteiger partial charge in [-0.1, -0.05) is 19.1 Å². The van der Waals surface area contributed by atoms with E-state index in [0.29, 0.717) is 5.22 Å². The largest absolute Gasteiger partial charge is 0.445 e. The Labute approximate surface area is 157 Å². The topological polar surface area (TPSA) is 38.1 Å². The average molecular weight is 373 g/mol. The first kappa shape index (κ1) is 18.1. The number of hydrogen-bond acceptors (Lipinski definition) is 4. The van der Waals surface area contributed by atoms with Crippen molar-refractivity contribution in [2.75, 3.05) is 19.3 Å². The van der Waals surface area contributed by atoms with Gasteiger partial charge in [-0.3, -0.25) is 0 Å². The zero-order valence-corrected chi connectivity index (χ0v) is 16.0. The number of halogens is 1. The van der Waals surface area contributed by atoms with Gasteiger partial charge in [0.2, 0.25) is 0 Å². The van der Waals surface area contributed by atoms with E-state index in [-0.39, 0.29) is 0 Å². The second kappa shape index (κ2) is 8.56. The molecule has 2 aromatic heterocycles. The Hall–Kier alpha value is -1.75. The van der Waals surface area contributed by atoms with Crippen LogP contribution in [0.5, 0.6) is 0 Å². The minimum Gasteiger partial charge on any atom is -0.445 e. The summed E-state index contributed by atoms with van der Waals surface area (Å²) >= 11 is 7.70. The van der Waals surface area contributed by atoms with E-state index in [9.17, 15) is 0 Å². The molecule has 5 heteroatoms. The summed E-state index contributed by atoms with van der Waals surface area (Å²) in [6, 6.07) is 12.2. The van der Waals surface area contributed by atoms with Crippen LogP contribution in [0.25, 0.3) is 22.6 Å². The number of furan rings is 1. The van der Waals surface area contributed by atoms with Gasteiger partial charge in [0.25, 0.3) is 0 Å². The van der Waals surface area contributed by atoms with Crippen molar-refractivity contribution in [2.45, 2.75) is 18.4 Å². The molecule has 25 heavy (non-hydrogen) atoms. The van der Waals surface area contributed by atoms with E-state index in [1.165, 1.54) is 11.1 Å². The zero-order valence-electron chi connectivity index (χ0n) is 14.4. The molecule has 0 atom stereocenters. The first-order chi connectivity index (χ1) is 12.2. The summed E-state index contributed by atoms with van der Waals surface area (Å²) in [5, 5.41) is 5.64. The molecule has 0 amide bonds. The van der Waals surface area contributed by atoms with E-state index in [4.69, 9.17) is 16.0 Å². The van der Waals surface area contributed by atoms with Gasteiger partial charge in [0.1, 0.15) is 5.58 Å². The lowest BCUT2D eigenvalue weighted by Crippen LogP contribution is -2.09. The van der Waals surface area contributed by atoms with Crippen LogP contribution in [-0.2, 0) is 0 Å². The number of nitrogens with zero attached hydrogens (tertiary/aromatic N) is 1. The highest BCUT2D eigenvalue weighted by Crippen LogP contribution is 2.29. The molecule has 0 aliphatic rings. The first-order valence-electron chi connectivity index (χ1n) is 8.33. The molecular formula is C20H21ClN2OS. The Morgan fingerprint density at radius 3 is 2.88 bits per heavy atom. The van der Waals surface area contributed by atoms with E-state index in [0.717, 1.165) is 40.3 Å². The maximum absolute atomic E-state index is 5.94. The van der Waals surface area contributed by atoms with Crippen LogP contribution < -0.4 is 5.32 Å². The monoisotopic (exact) mass is 372 g/mol. The molecule has 1 aromatic carbocycles. The van der Waals surface area contributed by atoms with Gasteiger partial charge < -0.3 is 9.73 Å². The third kappa shape index (κ3) is 4.66. The van der Waals surface area contributed by atoms with Crippen LogP contribution in [-0.4, -0.2) is 24.3 Å². The summed E-state index contributed by atoms with van der Waals surface area (Å²) in [6.07, 6.45) is 5.07. The second-order valence-electron chi connectivity index (χ2n) is 5.71. The first-order valence-corrected chi connectivity index (χ1v) is 9.69. The Kier molecular flexibility index (Phi) is 6.19. The highest BCUT2D eigenvalue weighted by molar-refractivity contribution is 7.99. The number of allylic oxidation sites excluding steroid dienone is 1. The number of aromatic nitrogens is 1. The molecule has 0 bridgehead atoms. The van der Waals surface area contributed by atoms with E-state index >= 15 is 0 Å². The van der Waals surface area contributed by atoms with Gasteiger partial charge in [-0.05, 0) is 66.0 Å². The van der Waals surface area contributed by atoms with Crippen molar-refractivity contribution in [1.29, 1.82) is 0 Å². The van der Waals surface area contributed by atoms with Gasteiger partial charge in [0.15, 0.2) is 5.22 Å². The van der Waals surface area contributed by atoms with Crippen LogP contribution in [0.3, 0.4) is 0 Å². The molecule has 3 aromatic rings. The summed E-state index contributed by atoms with van der Waals surface area (Å²) in [7, 11) is 1.96. The van der Waals surface area contributed by atoms with E-state index in [1.54, 1.807) is 11.8 Å². The van der Waals surface area contributed by atoms with Crippen molar-refractivity contribution in [3.05, 3.63) is 58.9 Å². The van der Waals surface area contributed by atoms with E-state index in [2.05, 4.69) is 47.6 Å². The Morgan fingerprint density at radius 1 is 1.28 bits per heavy atom. The number of pyridine rings is 1. The van der Waals surface area contributed by atoms with Crippen LogP contribution in [0.15, 0.2) is 52.0 Å². The summed E-state index contributed by atoms with van der Waals surface area (Å²) < 4.78 is 5.44. The molecule has 0 saturated heterocycles. The summed E-state index contributed by atoms with van der Waals surface area (Å²) in [6.45, 7) is 3.14. The molecule has 0 saturated carbocycles. The van der Waals surface area contributed by atoms with Crippen molar-refractivity contribution >= 4 is 46.0 Å². The van der Waals surface area contributed by atoms with Gasteiger partial charge in [-0.25, -0.2) is 4.98 Å². The van der Waals surface area contributed by atoms with Crippen molar-refractivity contribution < 1.29 is 4.42 Å². The lowest BCUT2D eigenvalue weighted by molar-refractivity contribution is 0.618. The zero-order chi connectivity index (χ0) is 17.6. The molecule has 3 rings (SSSR count). The number of rotatable bonds is 7. The number of hydrogen-bond donors (Lipinski definition) is 1. The Morgan fingerprint density at radius 2 is 2.16 bits per heavy atom. The number of benzene rings is 1. The van der Waals surface area contributed by atoms with Gasteiger partial charge in [0.05, 0.1) is 5.03 Å². The summed E-state index contributed by atoms with van der Waals surface area (Å²) in [5.41, 5.74) is 4.37. The molecule has 0 radical (unpaired) electrons. The minimum atomic E-state index is 0.421. The molecule has 0 unspecified atom stereocenters. The Balaban J connectivity index is 1.81. The van der Waals surface area contributed by atoms with Gasteiger partial charge in [-0.2, -0.15) is 0 Å². The maximum atomic E-state index is 5.94. The molecule has 1 N–H and O–H groups in total. The van der Waals surface area contributed by atoms with Crippen LogP contribution in [0.4, 0.5) is 0 Å². The second-order valence-corrected chi connectivity index (χ2v) is 7.20. The summed E-state index contributed by atoms with van der Waals surface area (Å²) in [5.74, 6) is 1.02. The van der Waals surface area contributed by atoms with Crippen molar-refractivity contribution in [2.24, 2.45) is 0 Å². The van der Waals surface area contributed by atoms with Gasteiger partial charge >= 0.3 is 0 Å². The van der Waals surface area contributed by atoms with Crippen molar-refractivity contribution in [1.82, 2.24) is 10.3 Å². The molecule has 0 aliphatic carbocycles. The fraction of sp³-hybridized carbons (Fsp3) is 0.250. The molecule has 2 heterocycles. The molecule has 3 nitrogen and oxygen atoms in total. The molecule has 130 valence electrons. The van der Waals surface area contributed by atoms with Crippen LogP contribution in [0.1, 0.15) is 24.5 Å². The number of fused-ring (bicyclic) bond motifs is 1. The number of thioether (sulfide) groups is 1. The van der Waals surface area contributed by atoms with Crippen molar-refractivity contribution in [3.8, 4) is 0 Å². The third-order valence-electron chi connectivity index (χ3n) is 3.94. The average Bonchev–Trinajstić information content (AvgIpc) is 3.00. The highest BCUT2D eigenvalue weighted by atomic mass is 35.5. The fourth-order valence-corrected chi connectivity index (χ4v) is 3.63. The number of nitrogens with one attached hydrogen (secondary N) is 1. The lowest BCUT2D eigenvalue weighted by atomic mass is 10.00. The molecular weight excluding hydrogens is 352 g/mol. The normalized spacial score (nSPS) is 12.0. The fourth-order valence-electron chi connectivity index (χ4n) is 2.62. The maximum Gasteiger partial charge on any atom is 0.194 e. The highest BCUT2D eigenvalue weighted by Gasteiger charge is 2.06. The minimum absolute atomic E-state index is 0.421. The lowest BCUT2D eigenvalue weighted by Gasteiger charge is -2.06. The van der Waals surface area contributed by atoms with Crippen LogP contribution in [0.2, 0.25) is 5.22 Å². The van der Waals surface area contributed by atoms with Crippen LogP contribution in [0, 0.1) is 0 Å². The third-order valence-corrected chi connectivity index (χ3v) is 5.07. The molecule has 0 fully saturated rings. The molecule has 0 aliphatic heterocycles. The standard InChI is InChI=1S/C20H21ClN2OS/c1-3-15(16-5-6-18-17(11-16)12-19(21)24-18)10-14-4-7-20(23-13-14)25-9-8-22-2/h4-7,10-13,22H,3,8-9H2,1-2H3/b15-10-. The smallest absolute Gasteiger partial charge is 0.194 e. The van der Waals surface area contributed by atoms with Crippen LogP contribution >= 0.6 is 23.4 Å². The Bertz CT molecular complexity index is 871. The summed E-state index contributed by atoms with van der Waals surface area (Å²) in [4.78, 5) is 4.54. The predicted octanol–water partition coefficient (Wildman–Crippen LogP) is 5.74. The van der Waals surface area contributed by atoms with E-state index in [1.807, 2.05) is 25.4 Å². The van der Waals surface area contributed by atoms with E-state index < -0.39 is 0 Å². The van der Waals surface area contributed by atoms with Crippen molar-refractivity contribution in [3.63, 3.8) is 0 Å². The quantitative estimate of drug-likeness (QED) is 0.423. The predicted molar refractivity (Wildman–Crippen MR) is 108 cm³/mol. The molecule has 0 spiro atoms. The SMILES string of the molecule is CC/C(=C/c1ccc(SCCNC)nc1)c1ccc2oc(Cl)cc2c1. The van der Waals surface area contributed by atoms with Gasteiger partial charge in [0, 0.05) is 29.9 Å².